The minimum absolute atomic E-state index is 0.0229. The monoisotopic (exact) mass is 561 g/mol. The second-order valence-corrected chi connectivity index (χ2v) is 9.16. The van der Waals surface area contributed by atoms with Gasteiger partial charge in [-0.15, -0.1) is 0 Å². The molecule has 3 aromatic carbocycles. The zero-order chi connectivity index (χ0) is 26.3. The molecule has 0 fully saturated rings. The number of methoxy groups -OCH3 is 2. The molecule has 186 valence electrons. The van der Waals surface area contributed by atoms with Crippen molar-refractivity contribution in [2.24, 2.45) is 0 Å². The average Bonchev–Trinajstić information content (AvgIpc) is 3.46. The first-order valence-electron chi connectivity index (χ1n) is 11.2. The SMILES string of the molecule is COC(=O)c1ccc(N2C(=O)C(O)=C(C(=O)c3cc4cc(Br)ccc4o3)C2c2ccccc2OC)cc1. The molecule has 1 N–H and O–H groups in total. The molecule has 0 spiro atoms. The Bertz CT molecular complexity index is 1590. The van der Waals surface area contributed by atoms with Gasteiger partial charge in [-0.2, -0.15) is 0 Å². The quantitative estimate of drug-likeness (QED) is 0.235. The summed E-state index contributed by atoms with van der Waals surface area (Å²) in [6.07, 6.45) is 0. The van der Waals surface area contributed by atoms with Crippen LogP contribution in [0.1, 0.15) is 32.5 Å². The number of fused-ring (bicyclic) bond motifs is 1. The molecule has 9 heteroatoms. The Morgan fingerprint density at radius 3 is 2.43 bits per heavy atom. The fourth-order valence-corrected chi connectivity index (χ4v) is 4.80. The normalized spacial score (nSPS) is 15.4. The van der Waals surface area contributed by atoms with Crippen LogP contribution in [0.4, 0.5) is 5.69 Å². The summed E-state index contributed by atoms with van der Waals surface area (Å²) in [6, 6.07) is 18.9. The number of anilines is 1. The maximum absolute atomic E-state index is 13.8. The van der Waals surface area contributed by atoms with Gasteiger partial charge in [-0.25, -0.2) is 4.79 Å². The molecule has 1 aliphatic heterocycles. The second-order valence-electron chi connectivity index (χ2n) is 8.24. The molecule has 5 rings (SSSR count). The Labute approximate surface area is 219 Å². The van der Waals surface area contributed by atoms with Gasteiger partial charge in [-0.1, -0.05) is 34.1 Å². The van der Waals surface area contributed by atoms with Crippen molar-refractivity contribution in [3.05, 3.63) is 105 Å². The number of furan rings is 1. The van der Waals surface area contributed by atoms with Gasteiger partial charge in [0.1, 0.15) is 11.3 Å². The minimum atomic E-state index is -1.03. The molecule has 8 nitrogen and oxygen atoms in total. The highest BCUT2D eigenvalue weighted by molar-refractivity contribution is 9.10. The highest BCUT2D eigenvalue weighted by Gasteiger charge is 2.46. The highest BCUT2D eigenvalue weighted by Crippen LogP contribution is 2.45. The summed E-state index contributed by atoms with van der Waals surface area (Å²) < 4.78 is 16.9. The lowest BCUT2D eigenvalue weighted by Crippen LogP contribution is -2.31. The first-order valence-corrected chi connectivity index (χ1v) is 11.9. The van der Waals surface area contributed by atoms with E-state index in [9.17, 15) is 19.5 Å². The van der Waals surface area contributed by atoms with Crippen molar-refractivity contribution in [1.82, 2.24) is 0 Å². The number of para-hydroxylation sites is 1. The van der Waals surface area contributed by atoms with Gasteiger partial charge in [0.25, 0.3) is 5.91 Å². The zero-order valence-electron chi connectivity index (χ0n) is 19.7. The molecule has 1 amide bonds. The first-order chi connectivity index (χ1) is 17.8. The van der Waals surface area contributed by atoms with Gasteiger partial charge in [-0.3, -0.25) is 14.5 Å². The second kappa shape index (κ2) is 9.59. The smallest absolute Gasteiger partial charge is 0.337 e. The molecule has 37 heavy (non-hydrogen) atoms. The van der Waals surface area contributed by atoms with Gasteiger partial charge in [0, 0.05) is 21.1 Å². The Hall–Kier alpha value is -4.37. The van der Waals surface area contributed by atoms with Crippen molar-refractivity contribution in [2.75, 3.05) is 19.1 Å². The molecule has 4 aromatic rings. The molecule has 1 unspecified atom stereocenters. The van der Waals surface area contributed by atoms with E-state index in [1.807, 2.05) is 0 Å². The third kappa shape index (κ3) is 4.17. The largest absolute Gasteiger partial charge is 0.503 e. The van der Waals surface area contributed by atoms with Crippen LogP contribution in [0.15, 0.2) is 93.0 Å². The van der Waals surface area contributed by atoms with Crippen LogP contribution < -0.4 is 9.64 Å². The van der Waals surface area contributed by atoms with E-state index in [0.717, 1.165) is 4.47 Å². The van der Waals surface area contributed by atoms with E-state index < -0.39 is 29.5 Å². The summed E-state index contributed by atoms with van der Waals surface area (Å²) in [6.45, 7) is 0. The van der Waals surface area contributed by atoms with Crippen molar-refractivity contribution in [1.29, 1.82) is 0 Å². The van der Waals surface area contributed by atoms with Gasteiger partial charge in [0.15, 0.2) is 11.5 Å². The molecule has 1 aromatic heterocycles. The van der Waals surface area contributed by atoms with Gasteiger partial charge in [0.2, 0.25) is 5.78 Å². The number of rotatable bonds is 6. The molecule has 0 bridgehead atoms. The van der Waals surface area contributed by atoms with Crippen LogP contribution in [0.25, 0.3) is 11.0 Å². The number of halogens is 1. The van der Waals surface area contributed by atoms with Crippen molar-refractivity contribution >= 4 is 50.2 Å². The van der Waals surface area contributed by atoms with E-state index in [2.05, 4.69) is 15.9 Å². The van der Waals surface area contributed by atoms with E-state index >= 15 is 0 Å². The summed E-state index contributed by atoms with van der Waals surface area (Å²) in [7, 11) is 2.75. The molecule has 0 aliphatic carbocycles. The van der Waals surface area contributed by atoms with Crippen LogP contribution >= 0.6 is 15.9 Å². The van der Waals surface area contributed by atoms with E-state index in [1.54, 1.807) is 60.7 Å². The minimum Gasteiger partial charge on any atom is -0.503 e. The number of benzene rings is 3. The van der Waals surface area contributed by atoms with E-state index in [1.165, 1.54) is 31.3 Å². The standard InChI is InChI=1S/C28H20BrNO7/c1-35-21-6-4-3-5-19(21)24-23(25(31)22-14-16-13-17(29)9-12-20(16)37-22)26(32)27(33)30(24)18-10-7-15(8-11-18)28(34)36-2/h3-14,24,32H,1-2H3. The summed E-state index contributed by atoms with van der Waals surface area (Å²) in [5.41, 5.74) is 1.47. The predicted molar refractivity (Wildman–Crippen MR) is 139 cm³/mol. The molecule has 2 heterocycles. The maximum atomic E-state index is 13.8. The fraction of sp³-hybridized carbons (Fsp3) is 0.107. The molecule has 1 aliphatic rings. The fourth-order valence-electron chi connectivity index (χ4n) is 4.42. The number of aliphatic hydroxyl groups excluding tert-OH is 1. The van der Waals surface area contributed by atoms with Crippen molar-refractivity contribution in [2.45, 2.75) is 6.04 Å². The lowest BCUT2D eigenvalue weighted by atomic mass is 9.94. The third-order valence-corrected chi connectivity index (χ3v) is 6.65. The lowest BCUT2D eigenvalue weighted by molar-refractivity contribution is -0.117. The Balaban J connectivity index is 1.65. The number of amides is 1. The zero-order valence-corrected chi connectivity index (χ0v) is 21.3. The lowest BCUT2D eigenvalue weighted by Gasteiger charge is -2.28. The summed E-state index contributed by atoms with van der Waals surface area (Å²) >= 11 is 3.40. The number of hydrogen-bond acceptors (Lipinski definition) is 7. The number of ketones is 1. The number of hydrogen-bond donors (Lipinski definition) is 1. The Morgan fingerprint density at radius 2 is 1.73 bits per heavy atom. The van der Waals surface area contributed by atoms with Gasteiger partial charge >= 0.3 is 5.97 Å². The molecule has 0 radical (unpaired) electrons. The third-order valence-electron chi connectivity index (χ3n) is 6.15. The highest BCUT2D eigenvalue weighted by atomic mass is 79.9. The van der Waals surface area contributed by atoms with Gasteiger partial charge in [0.05, 0.1) is 31.4 Å². The van der Waals surface area contributed by atoms with Gasteiger partial charge < -0.3 is 19.0 Å². The van der Waals surface area contributed by atoms with Crippen LogP contribution in [0, 0.1) is 0 Å². The first kappa shape index (κ1) is 24.3. The van der Waals surface area contributed by atoms with Crippen molar-refractivity contribution in [3.8, 4) is 5.75 Å². The summed E-state index contributed by atoms with van der Waals surface area (Å²) in [4.78, 5) is 40.4. The van der Waals surface area contributed by atoms with Crippen LogP contribution in [0.2, 0.25) is 0 Å². The van der Waals surface area contributed by atoms with Crippen molar-refractivity contribution < 1.29 is 33.4 Å². The number of carbonyl (C=O) groups is 3. The van der Waals surface area contributed by atoms with Crippen LogP contribution in [0.3, 0.4) is 0 Å². The Morgan fingerprint density at radius 1 is 1.00 bits per heavy atom. The average molecular weight is 562 g/mol. The number of Topliss-reactive ketones (excluding diaryl/α,β-unsaturated/α-hetero) is 1. The number of ether oxygens (including phenoxy) is 2. The van der Waals surface area contributed by atoms with E-state index in [4.69, 9.17) is 13.9 Å². The van der Waals surface area contributed by atoms with Crippen LogP contribution in [-0.4, -0.2) is 37.0 Å². The molecule has 0 saturated heterocycles. The number of aliphatic hydroxyl groups is 1. The van der Waals surface area contributed by atoms with Crippen molar-refractivity contribution in [3.63, 3.8) is 0 Å². The molecule has 0 saturated carbocycles. The number of esters is 1. The Kier molecular flexibility index (Phi) is 6.31. The maximum Gasteiger partial charge on any atom is 0.337 e. The van der Waals surface area contributed by atoms with E-state index in [-0.39, 0.29) is 16.9 Å². The number of carbonyl (C=O) groups excluding carboxylic acids is 3. The molecule has 1 atom stereocenters. The number of nitrogens with zero attached hydrogens (tertiary/aromatic N) is 1. The van der Waals surface area contributed by atoms with Gasteiger partial charge in [-0.05, 0) is 54.6 Å². The van der Waals surface area contributed by atoms with Crippen LogP contribution in [0.5, 0.6) is 5.75 Å². The summed E-state index contributed by atoms with van der Waals surface area (Å²) in [5.74, 6) is -2.24. The van der Waals surface area contributed by atoms with E-state index in [0.29, 0.717) is 28.0 Å². The van der Waals surface area contributed by atoms with Crippen LogP contribution in [-0.2, 0) is 9.53 Å². The predicted octanol–water partition coefficient (Wildman–Crippen LogP) is 5.77. The topological polar surface area (TPSA) is 106 Å². The molecular formula is C28H20BrNO7. The molecular weight excluding hydrogens is 542 g/mol. The summed E-state index contributed by atoms with van der Waals surface area (Å²) in [5, 5.41) is 11.7.